The average Bonchev–Trinajstić information content (AvgIpc) is 2.26. The lowest BCUT2D eigenvalue weighted by Crippen LogP contribution is -2.32. The van der Waals surface area contributed by atoms with E-state index in [2.05, 4.69) is 5.32 Å². The molecule has 3 nitrogen and oxygen atoms in total. The SMILES string of the molecule is CCC(CS(=O)(=O)c1ccc(F)cc1)NC. The molecule has 16 heavy (non-hydrogen) atoms. The van der Waals surface area contributed by atoms with Gasteiger partial charge in [0.25, 0.3) is 0 Å². The molecule has 1 N–H and O–H groups in total. The van der Waals surface area contributed by atoms with Crippen molar-refractivity contribution in [1.82, 2.24) is 5.32 Å². The summed E-state index contributed by atoms with van der Waals surface area (Å²) in [6, 6.07) is 4.84. The van der Waals surface area contributed by atoms with Gasteiger partial charge in [-0.25, -0.2) is 12.8 Å². The number of rotatable bonds is 5. The van der Waals surface area contributed by atoms with Gasteiger partial charge in [0, 0.05) is 6.04 Å². The molecule has 0 aliphatic carbocycles. The summed E-state index contributed by atoms with van der Waals surface area (Å²) < 4.78 is 36.5. The highest BCUT2D eigenvalue weighted by Crippen LogP contribution is 2.13. The fourth-order valence-electron chi connectivity index (χ4n) is 1.41. The molecular weight excluding hydrogens is 229 g/mol. The van der Waals surface area contributed by atoms with Crippen molar-refractivity contribution in [2.75, 3.05) is 12.8 Å². The third-order valence-electron chi connectivity index (χ3n) is 2.49. The van der Waals surface area contributed by atoms with Crippen molar-refractivity contribution in [2.45, 2.75) is 24.3 Å². The van der Waals surface area contributed by atoms with Crippen LogP contribution in [0.5, 0.6) is 0 Å². The summed E-state index contributed by atoms with van der Waals surface area (Å²) in [5.74, 6) is -0.398. The Morgan fingerprint density at radius 1 is 1.31 bits per heavy atom. The number of halogens is 1. The van der Waals surface area contributed by atoms with Crippen molar-refractivity contribution < 1.29 is 12.8 Å². The number of hydrogen-bond donors (Lipinski definition) is 1. The highest BCUT2D eigenvalue weighted by atomic mass is 32.2. The first-order valence-electron chi connectivity index (χ1n) is 5.15. The third-order valence-corrected chi connectivity index (χ3v) is 4.33. The standard InChI is InChI=1S/C11H16FNO2S/c1-3-10(13-2)8-16(14,15)11-6-4-9(12)5-7-11/h4-7,10,13H,3,8H2,1-2H3. The summed E-state index contributed by atoms with van der Waals surface area (Å²) in [7, 11) is -1.60. The van der Waals surface area contributed by atoms with Gasteiger partial charge >= 0.3 is 0 Å². The summed E-state index contributed by atoms with van der Waals surface area (Å²) in [6.45, 7) is 1.92. The van der Waals surface area contributed by atoms with E-state index < -0.39 is 15.7 Å². The summed E-state index contributed by atoms with van der Waals surface area (Å²) in [5.41, 5.74) is 0. The zero-order valence-electron chi connectivity index (χ0n) is 9.40. The van der Waals surface area contributed by atoms with Crippen LogP contribution >= 0.6 is 0 Å². The number of sulfone groups is 1. The Morgan fingerprint density at radius 2 is 1.88 bits per heavy atom. The molecule has 0 fully saturated rings. The van der Waals surface area contributed by atoms with Gasteiger partial charge in [-0.2, -0.15) is 0 Å². The Kier molecular flexibility index (Phi) is 4.44. The van der Waals surface area contributed by atoms with Gasteiger partial charge in [-0.3, -0.25) is 0 Å². The normalized spacial score (nSPS) is 13.7. The van der Waals surface area contributed by atoms with E-state index in [0.717, 1.165) is 18.6 Å². The second-order valence-corrected chi connectivity index (χ2v) is 5.66. The maximum absolute atomic E-state index is 12.7. The fourth-order valence-corrected chi connectivity index (χ4v) is 3.08. The van der Waals surface area contributed by atoms with Gasteiger partial charge in [0.05, 0.1) is 10.6 Å². The number of hydrogen-bond acceptors (Lipinski definition) is 3. The largest absolute Gasteiger partial charge is 0.316 e. The molecule has 1 aromatic rings. The second-order valence-electron chi connectivity index (χ2n) is 3.63. The minimum absolute atomic E-state index is 0.0334. The molecule has 0 aromatic heterocycles. The van der Waals surface area contributed by atoms with Gasteiger partial charge < -0.3 is 5.32 Å². The van der Waals surface area contributed by atoms with Crippen molar-refractivity contribution in [3.8, 4) is 0 Å². The van der Waals surface area contributed by atoms with E-state index in [1.807, 2.05) is 6.92 Å². The maximum Gasteiger partial charge on any atom is 0.179 e. The van der Waals surface area contributed by atoms with E-state index in [9.17, 15) is 12.8 Å². The lowest BCUT2D eigenvalue weighted by molar-refractivity contribution is 0.555. The van der Waals surface area contributed by atoms with Crippen LogP contribution in [0.4, 0.5) is 4.39 Å². The van der Waals surface area contributed by atoms with Gasteiger partial charge in [0.1, 0.15) is 5.82 Å². The quantitative estimate of drug-likeness (QED) is 0.801. The van der Waals surface area contributed by atoms with Crippen LogP contribution in [-0.4, -0.2) is 27.3 Å². The topological polar surface area (TPSA) is 46.2 Å². The molecule has 0 heterocycles. The Hall–Kier alpha value is -0.940. The van der Waals surface area contributed by atoms with Crippen LogP contribution in [-0.2, 0) is 9.84 Å². The molecule has 0 aliphatic heterocycles. The molecule has 1 rings (SSSR count). The number of nitrogens with one attached hydrogen (secondary N) is 1. The van der Waals surface area contributed by atoms with Gasteiger partial charge in [-0.1, -0.05) is 6.92 Å². The van der Waals surface area contributed by atoms with E-state index in [1.54, 1.807) is 7.05 Å². The molecule has 1 atom stereocenters. The Morgan fingerprint density at radius 3 is 2.31 bits per heavy atom. The smallest absolute Gasteiger partial charge is 0.179 e. The second kappa shape index (κ2) is 5.41. The first-order chi connectivity index (χ1) is 7.49. The molecular formula is C11H16FNO2S. The summed E-state index contributed by atoms with van der Waals surface area (Å²) in [4.78, 5) is 0.169. The molecule has 0 bridgehead atoms. The van der Waals surface area contributed by atoms with E-state index in [4.69, 9.17) is 0 Å². The van der Waals surface area contributed by atoms with Crippen molar-refractivity contribution >= 4 is 9.84 Å². The van der Waals surface area contributed by atoms with Crippen LogP contribution in [0.2, 0.25) is 0 Å². The van der Waals surface area contributed by atoms with Gasteiger partial charge in [0.15, 0.2) is 9.84 Å². The zero-order valence-corrected chi connectivity index (χ0v) is 10.2. The van der Waals surface area contributed by atoms with Crippen molar-refractivity contribution in [3.63, 3.8) is 0 Å². The van der Waals surface area contributed by atoms with E-state index in [-0.39, 0.29) is 16.7 Å². The van der Waals surface area contributed by atoms with Crippen LogP contribution in [0.15, 0.2) is 29.2 Å². The van der Waals surface area contributed by atoms with Crippen molar-refractivity contribution in [1.29, 1.82) is 0 Å². The molecule has 0 radical (unpaired) electrons. The predicted octanol–water partition coefficient (Wildman–Crippen LogP) is 1.60. The first kappa shape index (κ1) is 13.1. The van der Waals surface area contributed by atoms with Gasteiger partial charge in [-0.05, 0) is 37.7 Å². The van der Waals surface area contributed by atoms with E-state index in [1.165, 1.54) is 12.1 Å². The molecule has 0 spiro atoms. The highest BCUT2D eigenvalue weighted by molar-refractivity contribution is 7.91. The average molecular weight is 245 g/mol. The van der Waals surface area contributed by atoms with Gasteiger partial charge in [-0.15, -0.1) is 0 Å². The first-order valence-corrected chi connectivity index (χ1v) is 6.80. The Bertz CT molecular complexity index is 424. The lowest BCUT2D eigenvalue weighted by Gasteiger charge is -2.13. The predicted molar refractivity (Wildman–Crippen MR) is 61.6 cm³/mol. The van der Waals surface area contributed by atoms with Crippen LogP contribution in [0.25, 0.3) is 0 Å². The van der Waals surface area contributed by atoms with Gasteiger partial charge in [0.2, 0.25) is 0 Å². The molecule has 1 aromatic carbocycles. The molecule has 5 heteroatoms. The fraction of sp³-hybridized carbons (Fsp3) is 0.455. The summed E-state index contributed by atoms with van der Waals surface area (Å²) >= 11 is 0. The minimum atomic E-state index is -3.33. The molecule has 90 valence electrons. The van der Waals surface area contributed by atoms with Crippen LogP contribution in [0, 0.1) is 5.82 Å². The third kappa shape index (κ3) is 3.28. The maximum atomic E-state index is 12.7. The number of benzene rings is 1. The van der Waals surface area contributed by atoms with Crippen LogP contribution in [0.3, 0.4) is 0 Å². The highest BCUT2D eigenvalue weighted by Gasteiger charge is 2.18. The molecule has 0 aliphatic rings. The summed E-state index contributed by atoms with van der Waals surface area (Å²) in [6.07, 6.45) is 0.733. The minimum Gasteiger partial charge on any atom is -0.316 e. The molecule has 1 unspecified atom stereocenters. The van der Waals surface area contributed by atoms with Crippen LogP contribution in [0.1, 0.15) is 13.3 Å². The lowest BCUT2D eigenvalue weighted by atomic mass is 10.3. The monoisotopic (exact) mass is 245 g/mol. The van der Waals surface area contributed by atoms with E-state index >= 15 is 0 Å². The summed E-state index contributed by atoms with van der Waals surface area (Å²) in [5, 5.41) is 2.94. The molecule has 0 saturated heterocycles. The van der Waals surface area contributed by atoms with Crippen molar-refractivity contribution in [2.24, 2.45) is 0 Å². The van der Waals surface area contributed by atoms with E-state index in [0.29, 0.717) is 0 Å². The molecule has 0 saturated carbocycles. The van der Waals surface area contributed by atoms with Crippen LogP contribution < -0.4 is 5.32 Å². The van der Waals surface area contributed by atoms with Crippen molar-refractivity contribution in [3.05, 3.63) is 30.1 Å². The Labute approximate surface area is 95.6 Å². The molecule has 0 amide bonds. The Balaban J connectivity index is 2.89. The zero-order chi connectivity index (χ0) is 12.2.